The normalized spacial score (nSPS) is 22.9. The van der Waals surface area contributed by atoms with Gasteiger partial charge in [0.2, 0.25) is 0 Å². The molecule has 14 heteroatoms. The quantitative estimate of drug-likeness (QED) is 0.0637. The monoisotopic (exact) mass is 821 g/mol. The largest absolute Gasteiger partial charge is 0.468 e. The summed E-state index contributed by atoms with van der Waals surface area (Å²) in [5.41, 5.74) is 4.19. The number of hydrogen-bond acceptors (Lipinski definition) is 9. The third kappa shape index (κ3) is 7.75. The van der Waals surface area contributed by atoms with Crippen LogP contribution in [-0.2, 0) is 9.47 Å². The number of anilines is 1. The van der Waals surface area contributed by atoms with Crippen molar-refractivity contribution in [2.24, 2.45) is 0 Å². The maximum Gasteiger partial charge on any atom is 0.319 e. The van der Waals surface area contributed by atoms with Crippen LogP contribution in [0.2, 0.25) is 16.6 Å². The highest BCUT2D eigenvalue weighted by atomic mass is 28.3. The number of methoxy groups -OCH3 is 1. The van der Waals surface area contributed by atoms with Crippen LogP contribution < -0.4 is 14.4 Å². The van der Waals surface area contributed by atoms with Gasteiger partial charge >= 0.3 is 6.01 Å². The maximum absolute atomic E-state index is 17.6. The summed E-state index contributed by atoms with van der Waals surface area (Å²) < 4.78 is 86.6. The molecular formula is C44H55F4N5O4Si. The van der Waals surface area contributed by atoms with Gasteiger partial charge in [-0.1, -0.05) is 53.5 Å². The molecule has 0 saturated carbocycles. The van der Waals surface area contributed by atoms with Crippen molar-refractivity contribution in [2.75, 3.05) is 58.3 Å². The van der Waals surface area contributed by atoms with E-state index in [1.54, 1.807) is 23.1 Å². The minimum atomic E-state index is -2.32. The number of halogens is 4. The molecule has 7 rings (SSSR count). The number of ether oxygens (including phenoxy) is 4. The first-order valence-electron chi connectivity index (χ1n) is 20.5. The van der Waals surface area contributed by atoms with Crippen molar-refractivity contribution < 1.29 is 36.5 Å². The molecule has 3 aliphatic heterocycles. The van der Waals surface area contributed by atoms with E-state index in [1.165, 1.54) is 19.4 Å². The number of fused-ring (bicyclic) bond motifs is 3. The van der Waals surface area contributed by atoms with E-state index in [-0.39, 0.29) is 78.8 Å². The summed E-state index contributed by atoms with van der Waals surface area (Å²) in [6.07, 6.45) is 1.16. The summed E-state index contributed by atoms with van der Waals surface area (Å²) in [5.74, 6) is 2.56. The highest BCUT2D eigenvalue weighted by Crippen LogP contribution is 2.44. The zero-order valence-corrected chi connectivity index (χ0v) is 35.8. The topological polar surface area (TPSA) is 82.1 Å². The number of pyridine rings is 1. The predicted molar refractivity (Wildman–Crippen MR) is 222 cm³/mol. The fourth-order valence-corrected chi connectivity index (χ4v) is 15.1. The number of rotatable bonds is 11. The summed E-state index contributed by atoms with van der Waals surface area (Å²) in [4.78, 5) is 17.9. The number of nitrogens with zero attached hydrogens (tertiary/aromatic N) is 5. The fraction of sp³-hybridized carbons (Fsp3) is 0.568. The van der Waals surface area contributed by atoms with Gasteiger partial charge in [-0.15, -0.1) is 5.54 Å². The Balaban J connectivity index is 1.44. The molecule has 4 atom stereocenters. The van der Waals surface area contributed by atoms with Crippen molar-refractivity contribution >= 4 is 35.6 Å². The van der Waals surface area contributed by atoms with Crippen molar-refractivity contribution in [2.45, 2.75) is 108 Å². The number of aromatic nitrogens is 3. The Kier molecular flexibility index (Phi) is 12.3. The second-order valence-corrected chi connectivity index (χ2v) is 22.8. The van der Waals surface area contributed by atoms with Crippen LogP contribution in [0, 0.1) is 23.1 Å². The lowest BCUT2D eigenvalue weighted by Crippen LogP contribution is -2.43. The van der Waals surface area contributed by atoms with Crippen molar-refractivity contribution in [1.29, 1.82) is 0 Å². The molecule has 3 saturated heterocycles. The standard InChI is InChI=1S/C44H55F4N5O4Si/c1-26(2)58(27(3)4,28(5)6)15-12-34-37(47)11-10-30-16-33(57-25-54-8)17-35(38(30)34)40-39(48)41-36(19-49-40)42(53-21-32(46)23-55-22-29(53)7)51-43(50-41)56-24-44-13-9-14-52(44)20-31(45)18-44/h10-11,16-17,19,26-29,31-32H,9,13-14,18,20-25H2,1-8H3/t29?,31-,32?,44+/m1/s1. The van der Waals surface area contributed by atoms with E-state index < -0.39 is 37.6 Å². The van der Waals surface area contributed by atoms with Gasteiger partial charge in [-0.05, 0) is 66.5 Å². The predicted octanol–water partition coefficient (Wildman–Crippen LogP) is 9.19. The van der Waals surface area contributed by atoms with Gasteiger partial charge in [0.25, 0.3) is 0 Å². The molecule has 9 nitrogen and oxygen atoms in total. The molecule has 0 N–H and O–H groups in total. The molecule has 2 unspecified atom stereocenters. The first-order chi connectivity index (χ1) is 27.7. The lowest BCUT2D eigenvalue weighted by atomic mass is 9.95. The van der Waals surface area contributed by atoms with Gasteiger partial charge in [-0.3, -0.25) is 9.88 Å². The Hall–Kier alpha value is -4.03. The fourth-order valence-electron chi connectivity index (χ4n) is 9.87. The first-order valence-corrected chi connectivity index (χ1v) is 22.7. The van der Waals surface area contributed by atoms with Crippen LogP contribution in [0.25, 0.3) is 32.9 Å². The van der Waals surface area contributed by atoms with Gasteiger partial charge in [-0.25, -0.2) is 17.6 Å². The summed E-state index contributed by atoms with van der Waals surface area (Å²) in [6, 6.07) is 5.91. The van der Waals surface area contributed by atoms with E-state index >= 15 is 13.2 Å². The van der Waals surface area contributed by atoms with Crippen molar-refractivity contribution in [3.63, 3.8) is 0 Å². The maximum atomic E-state index is 17.6. The van der Waals surface area contributed by atoms with Gasteiger partial charge in [0.15, 0.2) is 12.6 Å². The van der Waals surface area contributed by atoms with Gasteiger partial charge in [0.1, 0.15) is 55.6 Å². The zero-order valence-electron chi connectivity index (χ0n) is 34.8. The molecule has 0 amide bonds. The molecule has 0 bridgehead atoms. The van der Waals surface area contributed by atoms with Crippen LogP contribution in [0.3, 0.4) is 0 Å². The Morgan fingerprint density at radius 3 is 2.47 bits per heavy atom. The molecule has 5 heterocycles. The van der Waals surface area contributed by atoms with E-state index in [1.807, 2.05) is 6.92 Å². The van der Waals surface area contributed by atoms with E-state index in [9.17, 15) is 4.39 Å². The van der Waals surface area contributed by atoms with Crippen LogP contribution >= 0.6 is 0 Å². The van der Waals surface area contributed by atoms with Gasteiger partial charge < -0.3 is 23.8 Å². The van der Waals surface area contributed by atoms with E-state index in [0.29, 0.717) is 46.1 Å². The number of benzene rings is 2. The Labute approximate surface area is 339 Å². The second kappa shape index (κ2) is 16.9. The van der Waals surface area contributed by atoms with Crippen molar-refractivity contribution in [3.8, 4) is 34.5 Å². The average molecular weight is 822 g/mol. The van der Waals surface area contributed by atoms with Crippen LogP contribution in [0.4, 0.5) is 23.4 Å². The first kappa shape index (κ1) is 42.1. The van der Waals surface area contributed by atoms with Crippen LogP contribution in [0.1, 0.15) is 73.3 Å². The van der Waals surface area contributed by atoms with E-state index in [2.05, 4.69) is 67.9 Å². The molecule has 2 aromatic heterocycles. The summed E-state index contributed by atoms with van der Waals surface area (Å²) >= 11 is 0. The highest BCUT2D eigenvalue weighted by molar-refractivity contribution is 6.90. The third-order valence-electron chi connectivity index (χ3n) is 12.6. The number of alkyl halides is 2. The smallest absolute Gasteiger partial charge is 0.319 e. The zero-order chi connectivity index (χ0) is 41.5. The van der Waals surface area contributed by atoms with Gasteiger partial charge in [0, 0.05) is 37.2 Å². The summed E-state index contributed by atoms with van der Waals surface area (Å²) in [7, 11) is -0.825. The van der Waals surface area contributed by atoms with Gasteiger partial charge in [0.05, 0.1) is 42.3 Å². The van der Waals surface area contributed by atoms with Crippen molar-refractivity contribution in [1.82, 2.24) is 19.9 Å². The van der Waals surface area contributed by atoms with Gasteiger partial charge in [-0.2, -0.15) is 9.97 Å². The van der Waals surface area contributed by atoms with E-state index in [4.69, 9.17) is 23.9 Å². The lowest BCUT2D eigenvalue weighted by Gasteiger charge is -2.38. The Morgan fingerprint density at radius 2 is 1.74 bits per heavy atom. The summed E-state index contributed by atoms with van der Waals surface area (Å²) in [6.45, 7) is 16.2. The third-order valence-corrected chi connectivity index (χ3v) is 18.9. The van der Waals surface area contributed by atoms with Crippen LogP contribution in [0.15, 0.2) is 30.5 Å². The number of hydrogen-bond donors (Lipinski definition) is 0. The molecule has 0 radical (unpaired) electrons. The minimum Gasteiger partial charge on any atom is -0.468 e. The molecule has 2 aromatic carbocycles. The molecule has 3 fully saturated rings. The molecule has 58 heavy (non-hydrogen) atoms. The van der Waals surface area contributed by atoms with Crippen LogP contribution in [-0.4, -0.2) is 105 Å². The van der Waals surface area contributed by atoms with Crippen LogP contribution in [0.5, 0.6) is 11.8 Å². The molecule has 4 aromatic rings. The SMILES string of the molecule is COCOc1cc(-c2ncc3c(N4CC(F)COCC4C)nc(OC[C@@]45CCCN4C[C@H](F)C5)nc3c2F)c2c(C#C[Si](C(C)C)(C(C)C)C(C)C)c(F)ccc2c1. The van der Waals surface area contributed by atoms with Crippen molar-refractivity contribution in [3.05, 3.63) is 47.7 Å². The minimum absolute atomic E-state index is 0.0594. The summed E-state index contributed by atoms with van der Waals surface area (Å²) in [5, 5.41) is 1.20. The molecule has 0 aliphatic carbocycles. The molecule has 3 aliphatic rings. The molecule has 0 spiro atoms. The Bertz CT molecular complexity index is 2190. The second-order valence-electron chi connectivity index (χ2n) is 17.2. The molecular weight excluding hydrogens is 767 g/mol. The molecule has 312 valence electrons. The highest BCUT2D eigenvalue weighted by Gasteiger charge is 2.49. The van der Waals surface area contributed by atoms with E-state index in [0.717, 1.165) is 19.4 Å². The average Bonchev–Trinajstić information content (AvgIpc) is 3.65. The lowest BCUT2D eigenvalue weighted by molar-refractivity contribution is 0.0512. The Morgan fingerprint density at radius 1 is 0.983 bits per heavy atom.